The number of benzene rings is 3. The van der Waals surface area contributed by atoms with Crippen LogP contribution in [0.1, 0.15) is 14.3 Å². The van der Waals surface area contributed by atoms with E-state index in [-0.39, 0.29) is 81.5 Å². The van der Waals surface area contributed by atoms with Crippen LogP contribution in [0.2, 0.25) is 0 Å². The molecule has 1 fully saturated rings. The number of anilines is 2. The van der Waals surface area contributed by atoms with Crippen molar-refractivity contribution in [3.63, 3.8) is 0 Å². The normalized spacial score (nSPS) is 12.9. The molecule has 1 aliphatic carbocycles. The fraction of sp³-hybridized carbons (Fsp3) is 0.172. The topological polar surface area (TPSA) is 136 Å². The second-order valence-electron chi connectivity index (χ2n) is 9.26. The molecule has 42 heavy (non-hydrogen) atoms. The number of nitrogens with zero attached hydrogens (tertiary/aromatic N) is 1. The number of aliphatic carboxylic acids is 1. The first-order valence-corrected chi connectivity index (χ1v) is 12.4. The zero-order valence-corrected chi connectivity index (χ0v) is 25.7. The first-order valence-electron chi connectivity index (χ1n) is 12.4. The molecule has 10 nitrogen and oxygen atoms in total. The molecule has 0 unspecified atom stereocenters. The zero-order chi connectivity index (χ0) is 29.1. The maximum absolute atomic E-state index is 15.1. The number of carbonyl (C=O) groups excluding carboxylic acids is 2. The van der Waals surface area contributed by atoms with Gasteiger partial charge in [-0.3, -0.25) is 14.6 Å². The summed E-state index contributed by atoms with van der Waals surface area (Å²) >= 11 is 0. The van der Waals surface area contributed by atoms with Gasteiger partial charge in [-0.15, -0.1) is 0 Å². The summed E-state index contributed by atoms with van der Waals surface area (Å²) in [5, 5.41) is 14.5. The fourth-order valence-electron chi connectivity index (χ4n) is 4.13. The molecule has 0 aliphatic heterocycles. The summed E-state index contributed by atoms with van der Waals surface area (Å²) < 4.78 is 44.6. The zero-order valence-electron chi connectivity index (χ0n) is 23.6. The van der Waals surface area contributed by atoms with Gasteiger partial charge in [-0.2, -0.15) is 0 Å². The van der Waals surface area contributed by atoms with Crippen molar-refractivity contribution >= 4 is 40.1 Å². The summed E-state index contributed by atoms with van der Waals surface area (Å²) in [7, 11) is 1.39. The molecule has 2 amide bonds. The summed E-state index contributed by atoms with van der Waals surface area (Å²) in [5.41, 5.74) is -0.431. The number of amides is 2. The molecule has 1 aromatic heterocycles. The molecule has 3 aromatic carbocycles. The maximum Gasteiger partial charge on any atom is 1.00 e. The molecule has 1 heterocycles. The smallest absolute Gasteiger partial charge is 1.00 e. The Kier molecular flexibility index (Phi) is 9.79. The quantitative estimate of drug-likeness (QED) is 0.186. The predicted molar refractivity (Wildman–Crippen MR) is 144 cm³/mol. The van der Waals surface area contributed by atoms with Crippen molar-refractivity contribution in [3.05, 3.63) is 78.5 Å². The van der Waals surface area contributed by atoms with E-state index in [1.54, 1.807) is 0 Å². The van der Waals surface area contributed by atoms with Gasteiger partial charge in [0.1, 0.15) is 17.0 Å². The largest absolute Gasteiger partial charge is 1.00 e. The van der Waals surface area contributed by atoms with E-state index in [0.717, 1.165) is 6.07 Å². The van der Waals surface area contributed by atoms with Crippen molar-refractivity contribution in [2.45, 2.75) is 12.8 Å². The summed E-state index contributed by atoms with van der Waals surface area (Å²) in [6.07, 6.45) is 2.07. The molecule has 5 rings (SSSR count). The number of halogens is 2. The number of aromatic nitrogens is 1. The van der Waals surface area contributed by atoms with E-state index < -0.39 is 41.4 Å². The Morgan fingerprint density at radius 3 is 2.19 bits per heavy atom. The van der Waals surface area contributed by atoms with E-state index in [4.69, 9.17) is 19.3 Å². The number of carboxylic acids is 1. The number of hydrogen-bond donors (Lipinski definition) is 3. The first-order chi connectivity index (χ1) is 19.7. The average Bonchev–Trinajstić information content (AvgIpc) is 3.77. The van der Waals surface area contributed by atoms with E-state index in [0.29, 0.717) is 29.4 Å². The Bertz CT molecular complexity index is 1670. The van der Waals surface area contributed by atoms with Gasteiger partial charge < -0.3 is 31.4 Å². The van der Waals surface area contributed by atoms with Crippen LogP contribution < -0.4 is 76.2 Å². The fourth-order valence-corrected chi connectivity index (χ4v) is 4.13. The van der Waals surface area contributed by atoms with E-state index >= 15 is 4.39 Å². The van der Waals surface area contributed by atoms with Crippen LogP contribution in [0.5, 0.6) is 23.0 Å². The number of ether oxygens (including phenoxy) is 3. The van der Waals surface area contributed by atoms with Crippen molar-refractivity contribution in [3.8, 4) is 23.0 Å². The van der Waals surface area contributed by atoms with E-state index in [9.17, 15) is 18.8 Å². The summed E-state index contributed by atoms with van der Waals surface area (Å²) in [4.78, 5) is 40.8. The third-order valence-corrected chi connectivity index (χ3v) is 6.47. The summed E-state index contributed by atoms with van der Waals surface area (Å²) in [6.45, 7) is -0.577. The van der Waals surface area contributed by atoms with Gasteiger partial charge in [-0.1, -0.05) is 0 Å². The van der Waals surface area contributed by atoms with Crippen molar-refractivity contribution < 1.29 is 95.3 Å². The molecule has 1 aliphatic rings. The monoisotopic (exact) mass is 603 g/mol. The third kappa shape index (κ3) is 6.87. The van der Waals surface area contributed by atoms with Crippen LogP contribution in [0.4, 0.5) is 20.2 Å². The van der Waals surface area contributed by atoms with Gasteiger partial charge in [0.05, 0.1) is 12.6 Å². The van der Waals surface area contributed by atoms with Crippen LogP contribution in [0, 0.1) is 17.0 Å². The number of carbonyl (C=O) groups is 3. The van der Waals surface area contributed by atoms with Crippen LogP contribution >= 0.6 is 0 Å². The van der Waals surface area contributed by atoms with Crippen molar-refractivity contribution in [2.75, 3.05) is 24.4 Å². The molecule has 0 spiro atoms. The van der Waals surface area contributed by atoms with Crippen molar-refractivity contribution in [1.29, 1.82) is 0 Å². The standard InChI is InChI=1S/C29H23F2N3O7.K.H/c1-39-24-13-19-21(14-25(24)40-15-26(35)36)32-11-8-22(19)41-23-7-6-18(12-20(23)31)34-28(38)29(9-10-29)27(37)33-17-4-2-16(30)3-5-17;;/h2-8,11-14H,9-10,15H2,1H3,(H,33,37)(H,34,38)(H,35,36);;/q;+1;-1. The Labute approximate surface area is 282 Å². The minimum atomic E-state index is -1.30. The molecule has 4 aromatic rings. The summed E-state index contributed by atoms with van der Waals surface area (Å²) in [5.74, 6) is -3.01. The Morgan fingerprint density at radius 1 is 0.905 bits per heavy atom. The number of hydrogen-bond acceptors (Lipinski definition) is 7. The van der Waals surface area contributed by atoms with Gasteiger partial charge in [-0.05, 0) is 61.4 Å². The van der Waals surface area contributed by atoms with E-state index in [2.05, 4.69) is 15.6 Å². The Morgan fingerprint density at radius 2 is 1.57 bits per heavy atom. The molecule has 212 valence electrons. The van der Waals surface area contributed by atoms with Gasteiger partial charge in [0, 0.05) is 35.1 Å². The molecular weight excluding hydrogens is 579 g/mol. The number of methoxy groups -OCH3 is 1. The summed E-state index contributed by atoms with van der Waals surface area (Å²) in [6, 6.07) is 13.6. The number of rotatable bonds is 10. The SMILES string of the molecule is COc1cc2c(Oc3ccc(NC(=O)C4(C(=O)Nc5ccc(F)cc5)CC4)cc3F)ccnc2cc1OCC(=O)O.[H-].[K+]. The van der Waals surface area contributed by atoms with Crippen molar-refractivity contribution in [1.82, 2.24) is 4.98 Å². The molecule has 0 radical (unpaired) electrons. The molecule has 13 heteroatoms. The molecule has 1 saturated carbocycles. The maximum atomic E-state index is 15.1. The number of nitrogens with one attached hydrogen (secondary N) is 2. The Hall–Kier alpha value is -3.62. The van der Waals surface area contributed by atoms with Gasteiger partial charge in [-0.25, -0.2) is 13.6 Å². The molecular formula is C29H24F2KN3O7. The Balaban J connectivity index is 0.00000253. The van der Waals surface area contributed by atoms with Crippen LogP contribution in [-0.4, -0.2) is 41.6 Å². The van der Waals surface area contributed by atoms with Crippen LogP contribution in [-0.2, 0) is 14.4 Å². The van der Waals surface area contributed by atoms with E-state index in [1.165, 1.54) is 67.9 Å². The number of carboxylic acid groups (broad SMARTS) is 1. The minimum Gasteiger partial charge on any atom is -1.00 e. The van der Waals surface area contributed by atoms with Gasteiger partial charge in [0.15, 0.2) is 29.7 Å². The minimum absolute atomic E-state index is 0. The number of pyridine rings is 1. The molecule has 0 saturated heterocycles. The van der Waals surface area contributed by atoms with Crippen molar-refractivity contribution in [2.24, 2.45) is 5.41 Å². The first kappa shape index (κ1) is 31.3. The number of fused-ring (bicyclic) bond motifs is 1. The predicted octanol–water partition coefficient (Wildman–Crippen LogP) is 2.25. The molecule has 0 atom stereocenters. The van der Waals surface area contributed by atoms with Crippen LogP contribution in [0.15, 0.2) is 66.9 Å². The van der Waals surface area contributed by atoms with Gasteiger partial charge in [0.25, 0.3) is 0 Å². The second-order valence-corrected chi connectivity index (χ2v) is 9.26. The average molecular weight is 604 g/mol. The van der Waals surface area contributed by atoms with Crippen LogP contribution in [0.25, 0.3) is 10.9 Å². The van der Waals surface area contributed by atoms with Crippen LogP contribution in [0.3, 0.4) is 0 Å². The molecule has 3 N–H and O–H groups in total. The molecule has 0 bridgehead atoms. The third-order valence-electron chi connectivity index (χ3n) is 6.47. The second kappa shape index (κ2) is 13.1. The van der Waals surface area contributed by atoms with Gasteiger partial charge in [0.2, 0.25) is 11.8 Å². The van der Waals surface area contributed by atoms with Gasteiger partial charge >= 0.3 is 57.4 Å². The van der Waals surface area contributed by atoms with E-state index in [1.807, 2.05) is 0 Å².